The van der Waals surface area contributed by atoms with E-state index in [1.807, 2.05) is 0 Å². The zero-order chi connectivity index (χ0) is 16.3. The van der Waals surface area contributed by atoms with Crippen LogP contribution in [0.4, 0.5) is 0 Å². The largest absolute Gasteiger partial charge is 0.303 e. The Morgan fingerprint density at radius 1 is 0.783 bits per heavy atom. The predicted octanol–water partition coefficient (Wildman–Crippen LogP) is 6.94. The summed E-state index contributed by atoms with van der Waals surface area (Å²) >= 11 is 0. The summed E-state index contributed by atoms with van der Waals surface area (Å²) in [4.78, 5) is 11.1. The summed E-state index contributed by atoms with van der Waals surface area (Å²) in [6.07, 6.45) is 23.6. The minimum absolute atomic E-state index is 0.390. The van der Waals surface area contributed by atoms with Crippen molar-refractivity contribution >= 4 is 6.29 Å². The van der Waals surface area contributed by atoms with Crippen LogP contribution in [0, 0.1) is 23.7 Å². The molecule has 0 heterocycles. The summed E-state index contributed by atoms with van der Waals surface area (Å²) in [6, 6.07) is 0. The Labute approximate surface area is 145 Å². The van der Waals surface area contributed by atoms with Crippen molar-refractivity contribution in [3.05, 3.63) is 0 Å². The number of rotatable bonds is 10. The zero-order valence-corrected chi connectivity index (χ0v) is 15.6. The molecule has 0 amide bonds. The van der Waals surface area contributed by atoms with E-state index in [1.165, 1.54) is 103 Å². The number of unbranched alkanes of at least 4 members (excludes halogenated alkanes) is 4. The molecule has 4 atom stereocenters. The summed E-state index contributed by atoms with van der Waals surface area (Å²) < 4.78 is 0. The van der Waals surface area contributed by atoms with Crippen LogP contribution < -0.4 is 0 Å². The molecule has 2 saturated carbocycles. The van der Waals surface area contributed by atoms with Crippen molar-refractivity contribution in [1.29, 1.82) is 0 Å². The summed E-state index contributed by atoms with van der Waals surface area (Å²) in [5.41, 5.74) is 0. The van der Waals surface area contributed by atoms with Crippen molar-refractivity contribution in [1.82, 2.24) is 0 Å². The Hall–Kier alpha value is -0.330. The molecule has 2 aliphatic rings. The Kier molecular flexibility index (Phi) is 9.31. The van der Waals surface area contributed by atoms with Crippen molar-refractivity contribution < 1.29 is 4.79 Å². The highest BCUT2D eigenvalue weighted by Gasteiger charge is 2.24. The van der Waals surface area contributed by atoms with Gasteiger partial charge in [0, 0.05) is 5.92 Å². The monoisotopic (exact) mass is 320 g/mol. The van der Waals surface area contributed by atoms with Gasteiger partial charge in [-0.05, 0) is 43.4 Å². The maximum absolute atomic E-state index is 11.1. The van der Waals surface area contributed by atoms with Crippen LogP contribution in [-0.2, 0) is 4.79 Å². The fourth-order valence-electron chi connectivity index (χ4n) is 5.18. The Morgan fingerprint density at radius 3 is 2.26 bits per heavy atom. The first kappa shape index (κ1) is 19.0. The third-order valence-electron chi connectivity index (χ3n) is 6.80. The highest BCUT2D eigenvalue weighted by atomic mass is 16.1. The van der Waals surface area contributed by atoms with E-state index in [-0.39, 0.29) is 0 Å². The molecule has 2 rings (SSSR count). The molecule has 2 fully saturated rings. The van der Waals surface area contributed by atoms with Crippen molar-refractivity contribution in [2.75, 3.05) is 0 Å². The molecule has 0 bridgehead atoms. The third-order valence-corrected chi connectivity index (χ3v) is 6.80. The van der Waals surface area contributed by atoms with E-state index < -0.39 is 0 Å². The lowest BCUT2D eigenvalue weighted by molar-refractivity contribution is -0.113. The molecule has 0 aromatic heterocycles. The number of carbonyl (C=O) groups is 1. The second-order valence-electron chi connectivity index (χ2n) is 8.50. The van der Waals surface area contributed by atoms with Crippen LogP contribution in [0.15, 0.2) is 0 Å². The molecule has 0 spiro atoms. The van der Waals surface area contributed by atoms with Crippen LogP contribution in [0.5, 0.6) is 0 Å². The fourth-order valence-corrected chi connectivity index (χ4v) is 5.18. The number of hydrogen-bond donors (Lipinski definition) is 0. The maximum Gasteiger partial charge on any atom is 0.123 e. The van der Waals surface area contributed by atoms with E-state index in [0.29, 0.717) is 5.92 Å². The molecule has 0 aromatic rings. The van der Waals surface area contributed by atoms with Crippen molar-refractivity contribution in [2.45, 2.75) is 110 Å². The SMILES string of the molecule is CCC1CCCC(CCCCCCCC2CCCCC2C=O)C1. The standard InChI is InChI=1S/C22H40O/c1-2-19-12-10-13-20(17-19)11-6-4-3-5-7-14-21-15-8-9-16-22(21)18-23/h18-22H,2-17H2,1H3. The molecule has 1 heteroatoms. The van der Waals surface area contributed by atoms with Gasteiger partial charge in [-0.15, -0.1) is 0 Å². The van der Waals surface area contributed by atoms with Gasteiger partial charge < -0.3 is 4.79 Å². The summed E-state index contributed by atoms with van der Waals surface area (Å²) in [6.45, 7) is 2.37. The van der Waals surface area contributed by atoms with Crippen LogP contribution in [0.2, 0.25) is 0 Å². The number of hydrogen-bond acceptors (Lipinski definition) is 1. The summed E-state index contributed by atoms with van der Waals surface area (Å²) in [7, 11) is 0. The van der Waals surface area contributed by atoms with Gasteiger partial charge in [-0.2, -0.15) is 0 Å². The smallest absolute Gasteiger partial charge is 0.123 e. The lowest BCUT2D eigenvalue weighted by Crippen LogP contribution is -2.20. The van der Waals surface area contributed by atoms with Gasteiger partial charge >= 0.3 is 0 Å². The first-order chi connectivity index (χ1) is 11.3. The van der Waals surface area contributed by atoms with Gasteiger partial charge in [-0.3, -0.25) is 0 Å². The fraction of sp³-hybridized carbons (Fsp3) is 0.955. The van der Waals surface area contributed by atoms with Gasteiger partial charge in [0.2, 0.25) is 0 Å². The molecule has 4 unspecified atom stereocenters. The molecule has 2 aliphatic carbocycles. The lowest BCUT2D eigenvalue weighted by Gasteiger charge is -2.28. The molecular formula is C22H40O. The molecule has 0 aliphatic heterocycles. The molecule has 0 N–H and O–H groups in total. The van der Waals surface area contributed by atoms with E-state index in [0.717, 1.165) is 24.2 Å². The van der Waals surface area contributed by atoms with Gasteiger partial charge in [-0.1, -0.05) is 84.0 Å². The number of aldehydes is 1. The molecule has 1 nitrogen and oxygen atoms in total. The van der Waals surface area contributed by atoms with E-state index in [9.17, 15) is 4.79 Å². The minimum Gasteiger partial charge on any atom is -0.303 e. The van der Waals surface area contributed by atoms with Crippen LogP contribution in [-0.4, -0.2) is 6.29 Å². The van der Waals surface area contributed by atoms with Crippen LogP contribution >= 0.6 is 0 Å². The molecule has 0 saturated heterocycles. The highest BCUT2D eigenvalue weighted by molar-refractivity contribution is 5.54. The summed E-state index contributed by atoms with van der Waals surface area (Å²) in [5.74, 6) is 3.19. The second-order valence-corrected chi connectivity index (χ2v) is 8.50. The first-order valence-electron chi connectivity index (χ1n) is 10.8. The Morgan fingerprint density at radius 2 is 1.48 bits per heavy atom. The van der Waals surface area contributed by atoms with E-state index in [2.05, 4.69) is 6.92 Å². The van der Waals surface area contributed by atoms with Crippen LogP contribution in [0.1, 0.15) is 110 Å². The van der Waals surface area contributed by atoms with Crippen LogP contribution in [0.3, 0.4) is 0 Å². The third kappa shape index (κ3) is 6.98. The Bertz CT molecular complexity index is 311. The van der Waals surface area contributed by atoms with E-state index >= 15 is 0 Å². The van der Waals surface area contributed by atoms with Gasteiger partial charge in [0.25, 0.3) is 0 Å². The normalized spacial score (nSPS) is 31.9. The molecule has 23 heavy (non-hydrogen) atoms. The number of carbonyl (C=O) groups excluding carboxylic acids is 1. The molecule has 0 radical (unpaired) electrons. The molecular weight excluding hydrogens is 280 g/mol. The topological polar surface area (TPSA) is 17.1 Å². The first-order valence-corrected chi connectivity index (χ1v) is 10.8. The van der Waals surface area contributed by atoms with Gasteiger partial charge in [-0.25, -0.2) is 0 Å². The Balaban J connectivity index is 1.45. The minimum atomic E-state index is 0.390. The highest BCUT2D eigenvalue weighted by Crippen LogP contribution is 2.34. The zero-order valence-electron chi connectivity index (χ0n) is 15.6. The van der Waals surface area contributed by atoms with Gasteiger partial charge in [0.1, 0.15) is 6.29 Å². The lowest BCUT2D eigenvalue weighted by atomic mass is 9.77. The van der Waals surface area contributed by atoms with Gasteiger partial charge in [0.15, 0.2) is 0 Å². The molecule has 134 valence electrons. The van der Waals surface area contributed by atoms with E-state index in [4.69, 9.17) is 0 Å². The van der Waals surface area contributed by atoms with Crippen LogP contribution in [0.25, 0.3) is 0 Å². The van der Waals surface area contributed by atoms with Crippen molar-refractivity contribution in [2.24, 2.45) is 23.7 Å². The van der Waals surface area contributed by atoms with Crippen molar-refractivity contribution in [3.8, 4) is 0 Å². The molecule has 0 aromatic carbocycles. The maximum atomic E-state index is 11.1. The predicted molar refractivity (Wildman–Crippen MR) is 99.6 cm³/mol. The van der Waals surface area contributed by atoms with Crippen molar-refractivity contribution in [3.63, 3.8) is 0 Å². The average Bonchev–Trinajstić information content (AvgIpc) is 2.61. The average molecular weight is 321 g/mol. The quantitative estimate of drug-likeness (QED) is 0.315. The second kappa shape index (κ2) is 11.3. The van der Waals surface area contributed by atoms with Gasteiger partial charge in [0.05, 0.1) is 0 Å². The summed E-state index contributed by atoms with van der Waals surface area (Å²) in [5, 5.41) is 0. The van der Waals surface area contributed by atoms with E-state index in [1.54, 1.807) is 0 Å².